The highest BCUT2D eigenvalue weighted by atomic mass is 32.1. The largest absolute Gasteiger partial charge is 0.151 e. The molecule has 0 saturated heterocycles. The van der Waals surface area contributed by atoms with Gasteiger partial charge < -0.3 is 0 Å². The quantitative estimate of drug-likeness (QED) is 0.0914. The molecule has 0 aliphatic carbocycles. The third kappa shape index (κ3) is 2.68. The summed E-state index contributed by atoms with van der Waals surface area (Å²) in [7, 11) is 0. The Bertz CT molecular complexity index is 4050. The normalized spacial score (nSPS) is 14.3. The Kier molecular flexibility index (Phi) is 4.51. The zero-order valence-corrected chi connectivity index (χ0v) is 30.0. The standard InChI is InChI=1S/C50H26S2/c1-3-26-30-17-25-12-6-9-15-29(25)43-41(30)48-45-37(26)22(2)38-28-14-8-5-11-24(28)18-31-35(20-51)34-19-33-27-13-7-4-10-23(27)16-32-36-21-52-50(43)44(36)49(48)46(39(32)33)42(34)47(45)40(31)38/h3-21,51H,1-2H3/b26-3-,35-20-. The van der Waals surface area contributed by atoms with Crippen molar-refractivity contribution in [2.45, 2.75) is 13.8 Å². The summed E-state index contributed by atoms with van der Waals surface area (Å²) in [5.41, 5.74) is 1.37. The lowest BCUT2D eigenvalue weighted by atomic mass is 9.74. The van der Waals surface area contributed by atoms with Crippen molar-refractivity contribution in [2.24, 2.45) is 0 Å². The highest BCUT2D eigenvalue weighted by Crippen LogP contribution is 2.58. The molecule has 14 aromatic rings. The van der Waals surface area contributed by atoms with Gasteiger partial charge in [0, 0.05) is 37.0 Å². The van der Waals surface area contributed by atoms with E-state index in [1.165, 1.54) is 155 Å². The molecule has 0 aliphatic rings. The van der Waals surface area contributed by atoms with Gasteiger partial charge in [-0.25, -0.2) is 0 Å². The zero-order valence-electron chi connectivity index (χ0n) is 28.3. The second-order valence-electron chi connectivity index (χ2n) is 15.1. The van der Waals surface area contributed by atoms with Gasteiger partial charge in [0.05, 0.1) is 0 Å². The van der Waals surface area contributed by atoms with E-state index in [9.17, 15) is 0 Å². The van der Waals surface area contributed by atoms with E-state index in [-0.39, 0.29) is 0 Å². The van der Waals surface area contributed by atoms with Crippen LogP contribution in [0.2, 0.25) is 0 Å². The number of fused-ring (bicyclic) bond motifs is 8. The third-order valence-electron chi connectivity index (χ3n) is 13.1. The first-order valence-electron chi connectivity index (χ1n) is 18.2. The summed E-state index contributed by atoms with van der Waals surface area (Å²) >= 11 is 6.98. The number of hydrogen-bond donors (Lipinski definition) is 1. The fourth-order valence-corrected chi connectivity index (χ4v) is 12.7. The first kappa shape index (κ1) is 27.0. The SMILES string of the molecule is C/C=c1/c2cc3ccccc3c3c4scc5c6cc7ccccc7c7cc8/c(=C\S)c9cc%10ccccc%10c%10c(C)c1c1c(c9%10)c8c(c76)c(c54)c1c23. The van der Waals surface area contributed by atoms with E-state index in [0.29, 0.717) is 0 Å². The van der Waals surface area contributed by atoms with Crippen molar-refractivity contribution in [3.05, 3.63) is 118 Å². The minimum atomic E-state index is 1.22. The summed E-state index contributed by atoms with van der Waals surface area (Å²) in [5.74, 6) is 0. The molecule has 1 aromatic heterocycles. The van der Waals surface area contributed by atoms with Gasteiger partial charge >= 0.3 is 0 Å². The molecule has 0 spiro atoms. The van der Waals surface area contributed by atoms with Crippen molar-refractivity contribution in [2.75, 3.05) is 0 Å². The predicted octanol–water partition coefficient (Wildman–Crippen LogP) is 13.7. The van der Waals surface area contributed by atoms with Crippen LogP contribution in [-0.4, -0.2) is 0 Å². The van der Waals surface area contributed by atoms with Crippen LogP contribution in [0.25, 0.3) is 151 Å². The predicted molar refractivity (Wildman–Crippen MR) is 235 cm³/mol. The summed E-state index contributed by atoms with van der Waals surface area (Å²) in [4.78, 5) is 0. The molecule has 13 aromatic carbocycles. The monoisotopic (exact) mass is 690 g/mol. The molecule has 0 amide bonds. The van der Waals surface area contributed by atoms with Crippen LogP contribution in [0.5, 0.6) is 0 Å². The molecule has 0 nitrogen and oxygen atoms in total. The third-order valence-corrected chi connectivity index (χ3v) is 14.4. The molecule has 0 fully saturated rings. The van der Waals surface area contributed by atoms with Gasteiger partial charge in [-0.2, -0.15) is 12.6 Å². The van der Waals surface area contributed by atoms with Crippen molar-refractivity contribution in [3.8, 4) is 0 Å². The molecular formula is C50H26S2. The molecule has 52 heavy (non-hydrogen) atoms. The maximum Gasteiger partial charge on any atom is 0.0440 e. The van der Waals surface area contributed by atoms with E-state index >= 15 is 0 Å². The van der Waals surface area contributed by atoms with Crippen LogP contribution in [0.4, 0.5) is 0 Å². The van der Waals surface area contributed by atoms with Crippen LogP contribution in [0, 0.1) is 6.92 Å². The molecule has 0 atom stereocenters. The molecule has 1 heterocycles. The first-order chi connectivity index (χ1) is 25.7. The van der Waals surface area contributed by atoms with Gasteiger partial charge in [0.15, 0.2) is 0 Å². The molecule has 0 N–H and O–H groups in total. The number of thiophene rings is 1. The van der Waals surface area contributed by atoms with E-state index in [1.54, 1.807) is 0 Å². The van der Waals surface area contributed by atoms with E-state index < -0.39 is 0 Å². The van der Waals surface area contributed by atoms with Gasteiger partial charge in [-0.3, -0.25) is 0 Å². The summed E-state index contributed by atoms with van der Waals surface area (Å²) in [5, 5.41) is 41.5. The van der Waals surface area contributed by atoms with Crippen LogP contribution < -0.4 is 10.4 Å². The molecule has 0 unspecified atom stereocenters. The number of aryl methyl sites for hydroxylation is 1. The van der Waals surface area contributed by atoms with E-state index in [2.05, 4.69) is 128 Å². The highest BCUT2D eigenvalue weighted by Gasteiger charge is 2.31. The van der Waals surface area contributed by atoms with E-state index in [1.807, 2.05) is 11.3 Å². The van der Waals surface area contributed by atoms with Crippen LogP contribution >= 0.6 is 24.0 Å². The average molecular weight is 691 g/mol. The Hall–Kier alpha value is -5.67. The minimum absolute atomic E-state index is 1.22. The smallest absolute Gasteiger partial charge is 0.0440 e. The maximum atomic E-state index is 5.04. The van der Waals surface area contributed by atoms with Crippen LogP contribution in [0.1, 0.15) is 12.5 Å². The van der Waals surface area contributed by atoms with Crippen molar-refractivity contribution < 1.29 is 0 Å². The molecule has 0 bridgehead atoms. The number of hydrogen-bond acceptors (Lipinski definition) is 2. The fourth-order valence-electron chi connectivity index (χ4n) is 11.3. The Balaban J connectivity index is 1.52. The highest BCUT2D eigenvalue weighted by molar-refractivity contribution is 7.88. The number of rotatable bonds is 0. The molecule has 0 radical (unpaired) electrons. The molecule has 238 valence electrons. The molecule has 2 heteroatoms. The van der Waals surface area contributed by atoms with Crippen molar-refractivity contribution >= 4 is 175 Å². The molecule has 14 rings (SSSR count). The van der Waals surface area contributed by atoms with E-state index in [4.69, 9.17) is 12.6 Å². The lowest BCUT2D eigenvalue weighted by Crippen LogP contribution is -2.12. The van der Waals surface area contributed by atoms with Gasteiger partial charge in [-0.05, 0) is 167 Å². The Morgan fingerprint density at radius 1 is 0.423 bits per heavy atom. The van der Waals surface area contributed by atoms with Crippen LogP contribution in [0.15, 0.2) is 102 Å². The zero-order chi connectivity index (χ0) is 33.9. The Labute approximate surface area is 305 Å². The lowest BCUT2D eigenvalue weighted by molar-refractivity contribution is 1.60. The van der Waals surface area contributed by atoms with Gasteiger partial charge in [0.1, 0.15) is 0 Å². The summed E-state index contributed by atoms with van der Waals surface area (Å²) < 4.78 is 1.42. The molecule has 0 saturated carbocycles. The molecular weight excluding hydrogens is 665 g/mol. The second-order valence-corrected chi connectivity index (χ2v) is 16.3. The minimum Gasteiger partial charge on any atom is -0.151 e. The molecule has 0 aliphatic heterocycles. The maximum absolute atomic E-state index is 5.04. The van der Waals surface area contributed by atoms with Gasteiger partial charge in [0.2, 0.25) is 0 Å². The first-order valence-corrected chi connectivity index (χ1v) is 19.6. The fraction of sp³-hybridized carbons (Fsp3) is 0.0400. The van der Waals surface area contributed by atoms with Gasteiger partial charge in [0.25, 0.3) is 0 Å². The van der Waals surface area contributed by atoms with Crippen LogP contribution in [-0.2, 0) is 0 Å². The van der Waals surface area contributed by atoms with Crippen molar-refractivity contribution in [1.29, 1.82) is 0 Å². The topological polar surface area (TPSA) is 0 Å². The van der Waals surface area contributed by atoms with Crippen LogP contribution in [0.3, 0.4) is 0 Å². The Morgan fingerprint density at radius 2 is 0.904 bits per heavy atom. The average Bonchev–Trinajstić information content (AvgIpc) is 3.63. The van der Waals surface area contributed by atoms with E-state index in [0.717, 1.165) is 0 Å². The van der Waals surface area contributed by atoms with Crippen molar-refractivity contribution in [3.63, 3.8) is 0 Å². The second kappa shape index (κ2) is 8.68. The Morgan fingerprint density at radius 3 is 1.63 bits per heavy atom. The summed E-state index contributed by atoms with van der Waals surface area (Å²) in [6.45, 7) is 4.65. The summed E-state index contributed by atoms with van der Waals surface area (Å²) in [6, 6.07) is 37.1. The summed E-state index contributed by atoms with van der Waals surface area (Å²) in [6.07, 6.45) is 2.40. The van der Waals surface area contributed by atoms with Gasteiger partial charge in [-0.15, -0.1) is 11.3 Å². The lowest BCUT2D eigenvalue weighted by Gasteiger charge is -2.28. The van der Waals surface area contributed by atoms with Gasteiger partial charge in [-0.1, -0.05) is 78.9 Å². The number of benzene rings is 13. The van der Waals surface area contributed by atoms with Crippen molar-refractivity contribution in [1.82, 2.24) is 0 Å². The number of thiol groups is 1.